The van der Waals surface area contributed by atoms with Crippen LogP contribution in [0.5, 0.6) is 0 Å². The maximum absolute atomic E-state index is 2.39. The number of benzene rings is 3. The van der Waals surface area contributed by atoms with Crippen molar-refractivity contribution < 1.29 is 12.4 Å². The molecule has 2 aliphatic rings. The summed E-state index contributed by atoms with van der Waals surface area (Å²) in [7, 11) is 8.57. The summed E-state index contributed by atoms with van der Waals surface area (Å²) >= 11 is 0. The van der Waals surface area contributed by atoms with Gasteiger partial charge in [-0.25, -0.2) is 4.58 Å². The lowest BCUT2D eigenvalue weighted by Gasteiger charge is -2.40. The van der Waals surface area contributed by atoms with Crippen molar-refractivity contribution in [3.63, 3.8) is 0 Å². The molecule has 2 heterocycles. The van der Waals surface area contributed by atoms with Crippen LogP contribution in [-0.2, 0) is 0 Å². The van der Waals surface area contributed by atoms with Gasteiger partial charge < -0.3 is 22.2 Å². The van der Waals surface area contributed by atoms with Gasteiger partial charge in [0.25, 0.3) is 0 Å². The van der Waals surface area contributed by atoms with Crippen LogP contribution >= 0.6 is 0 Å². The molecule has 2 aliphatic heterocycles. The quantitative estimate of drug-likeness (QED) is 0.473. The van der Waals surface area contributed by atoms with Gasteiger partial charge in [0.2, 0.25) is 5.36 Å². The molecule has 0 aliphatic carbocycles. The Morgan fingerprint density at radius 1 is 0.769 bits per heavy atom. The van der Waals surface area contributed by atoms with Gasteiger partial charge in [-0.1, -0.05) is 24.3 Å². The second-order valence-electron chi connectivity index (χ2n) is 12.4. The third-order valence-corrected chi connectivity index (χ3v) is 8.68. The van der Waals surface area contributed by atoms with Crippen molar-refractivity contribution in [1.29, 1.82) is 0 Å². The Kier molecular flexibility index (Phi) is 7.38. The molecular formula is C35H42ClN3. The van der Waals surface area contributed by atoms with Gasteiger partial charge in [0.05, 0.1) is 5.54 Å². The lowest BCUT2D eigenvalue weighted by Crippen LogP contribution is -3.00. The number of rotatable bonds is 3. The highest BCUT2D eigenvalue weighted by Crippen LogP contribution is 2.39. The number of hydrogen-bond donors (Lipinski definition) is 0. The van der Waals surface area contributed by atoms with E-state index in [-0.39, 0.29) is 23.5 Å². The van der Waals surface area contributed by atoms with E-state index in [1.165, 1.54) is 60.9 Å². The van der Waals surface area contributed by atoms with Gasteiger partial charge in [-0.2, -0.15) is 0 Å². The lowest BCUT2D eigenvalue weighted by molar-refractivity contribution is -0.00000846. The molecule has 3 aromatic carbocycles. The SMILES string of the molecule is CC1=CC(C)(C)N(C)c2ccc(C(c3ccc(N(C)C)cc3)=c3ccc4c(c3)C(C)=CC(C)(C)[N+]=4C)cc21.[Cl-]. The molecule has 0 saturated heterocycles. The van der Waals surface area contributed by atoms with E-state index in [9.17, 15) is 0 Å². The Hall–Kier alpha value is -3.30. The minimum Gasteiger partial charge on any atom is -1.00 e. The summed E-state index contributed by atoms with van der Waals surface area (Å²) in [6.07, 6.45) is 4.77. The highest BCUT2D eigenvalue weighted by Gasteiger charge is 2.31. The molecule has 0 N–H and O–H groups in total. The fraction of sp³-hybridized carbons (Fsp3) is 0.343. The molecule has 0 fully saturated rings. The van der Waals surface area contributed by atoms with Gasteiger partial charge in [-0.15, -0.1) is 0 Å². The molecule has 204 valence electrons. The number of fused-ring (bicyclic) bond motifs is 2. The topological polar surface area (TPSA) is 9.49 Å². The van der Waals surface area contributed by atoms with Gasteiger partial charge >= 0.3 is 0 Å². The van der Waals surface area contributed by atoms with Crippen LogP contribution in [0.2, 0.25) is 0 Å². The average Bonchev–Trinajstić information content (AvgIpc) is 2.86. The molecule has 4 heteroatoms. The summed E-state index contributed by atoms with van der Waals surface area (Å²) < 4.78 is 2.38. The van der Waals surface area contributed by atoms with Gasteiger partial charge in [-0.05, 0) is 103 Å². The van der Waals surface area contributed by atoms with Crippen molar-refractivity contribution >= 4 is 28.1 Å². The van der Waals surface area contributed by atoms with Crippen molar-refractivity contribution in [3.05, 3.63) is 106 Å². The maximum Gasteiger partial charge on any atom is 0.207 e. The minimum atomic E-state index is -0.00465. The fourth-order valence-electron chi connectivity index (χ4n) is 6.06. The van der Waals surface area contributed by atoms with Crippen molar-refractivity contribution in [2.24, 2.45) is 0 Å². The molecule has 0 radical (unpaired) electrons. The zero-order valence-corrected chi connectivity index (χ0v) is 25.9. The monoisotopic (exact) mass is 539 g/mol. The van der Waals surface area contributed by atoms with E-state index >= 15 is 0 Å². The molecule has 0 spiro atoms. The van der Waals surface area contributed by atoms with Crippen LogP contribution in [0.3, 0.4) is 0 Å². The second-order valence-corrected chi connectivity index (χ2v) is 12.4. The van der Waals surface area contributed by atoms with Crippen molar-refractivity contribution in [2.75, 3.05) is 38.0 Å². The number of allylic oxidation sites excluding steroid dienone is 2. The van der Waals surface area contributed by atoms with Crippen LogP contribution in [-0.4, -0.2) is 39.3 Å². The van der Waals surface area contributed by atoms with E-state index in [1.54, 1.807) is 0 Å². The van der Waals surface area contributed by atoms with E-state index in [0.29, 0.717) is 0 Å². The zero-order chi connectivity index (χ0) is 27.6. The normalized spacial score (nSPS) is 17.8. The number of halogens is 1. The van der Waals surface area contributed by atoms with Crippen molar-refractivity contribution in [2.45, 2.75) is 52.6 Å². The zero-order valence-electron chi connectivity index (χ0n) is 25.1. The molecule has 0 saturated carbocycles. The highest BCUT2D eigenvalue weighted by atomic mass is 35.5. The first-order chi connectivity index (χ1) is 17.8. The van der Waals surface area contributed by atoms with E-state index < -0.39 is 0 Å². The fourth-order valence-corrected chi connectivity index (χ4v) is 6.06. The molecule has 0 atom stereocenters. The highest BCUT2D eigenvalue weighted by molar-refractivity contribution is 5.87. The number of likely N-dealkylation sites (N-methyl/N-ethyl adjacent to an activating group) is 2. The lowest BCUT2D eigenvalue weighted by atomic mass is 9.86. The number of nitrogens with zero attached hydrogens (tertiary/aromatic N) is 3. The standard InChI is InChI=1S/C35H42N3.ClH/c1-23-21-34(3,4)37(9)31-17-13-26(19-29(23)31)33(25-11-15-28(16-12-25)36(7)8)27-14-18-32-30(20-27)24(2)22-35(5,6)38(32)10;/h11-22H,1-10H3;1H/q+1;/p-1. The Morgan fingerprint density at radius 3 is 2.03 bits per heavy atom. The molecule has 5 rings (SSSR count). The second kappa shape index (κ2) is 10.0. The Bertz CT molecular complexity index is 1620. The molecule has 0 unspecified atom stereocenters. The molecule has 0 amide bonds. The van der Waals surface area contributed by atoms with Crippen LogP contribution in [0.4, 0.5) is 11.4 Å². The number of anilines is 2. The summed E-state index contributed by atoms with van der Waals surface area (Å²) in [6.45, 7) is 13.6. The molecular weight excluding hydrogens is 498 g/mol. The molecule has 0 aromatic heterocycles. The Morgan fingerprint density at radius 2 is 1.38 bits per heavy atom. The van der Waals surface area contributed by atoms with Crippen molar-refractivity contribution in [3.8, 4) is 0 Å². The van der Waals surface area contributed by atoms with Gasteiger partial charge in [0.1, 0.15) is 7.05 Å². The first kappa shape index (κ1) is 28.7. The van der Waals surface area contributed by atoms with Gasteiger partial charge in [0, 0.05) is 63.6 Å². The number of hydrogen-bond acceptors (Lipinski definition) is 2. The van der Waals surface area contributed by atoms with E-state index in [4.69, 9.17) is 0 Å². The first-order valence-corrected chi connectivity index (χ1v) is 13.6. The summed E-state index contributed by atoms with van der Waals surface area (Å²) in [4.78, 5) is 4.54. The molecule has 39 heavy (non-hydrogen) atoms. The summed E-state index contributed by atoms with van der Waals surface area (Å²) in [5.41, 5.74) is 11.5. The largest absolute Gasteiger partial charge is 1.00 e. The molecule has 3 aromatic rings. The first-order valence-electron chi connectivity index (χ1n) is 13.6. The molecule has 3 nitrogen and oxygen atoms in total. The summed E-state index contributed by atoms with van der Waals surface area (Å²) in [5.74, 6) is 0. The average molecular weight is 540 g/mol. The maximum atomic E-state index is 2.39. The van der Waals surface area contributed by atoms with Gasteiger partial charge in [-0.3, -0.25) is 0 Å². The van der Waals surface area contributed by atoms with Crippen LogP contribution in [0.15, 0.2) is 72.8 Å². The summed E-state index contributed by atoms with van der Waals surface area (Å²) in [5, 5.41) is 2.53. The van der Waals surface area contributed by atoms with Gasteiger partial charge in [0.15, 0.2) is 5.54 Å². The minimum absolute atomic E-state index is 0. The Balaban J connectivity index is 0.00000353. The smallest absolute Gasteiger partial charge is 0.207 e. The third kappa shape index (κ3) is 4.94. The van der Waals surface area contributed by atoms with Crippen LogP contribution in [0.1, 0.15) is 63.8 Å². The summed E-state index contributed by atoms with van der Waals surface area (Å²) in [6, 6.07) is 22.9. The van der Waals surface area contributed by atoms with E-state index in [1.807, 2.05) is 0 Å². The van der Waals surface area contributed by atoms with Crippen molar-refractivity contribution in [1.82, 2.24) is 4.58 Å². The van der Waals surface area contributed by atoms with E-state index in [2.05, 4.69) is 157 Å². The predicted molar refractivity (Wildman–Crippen MR) is 166 cm³/mol. The van der Waals surface area contributed by atoms with Crippen LogP contribution in [0, 0.1) is 0 Å². The Labute approximate surface area is 240 Å². The van der Waals surface area contributed by atoms with Crippen LogP contribution in [0.25, 0.3) is 16.7 Å². The van der Waals surface area contributed by atoms with E-state index in [0.717, 1.165) is 0 Å². The third-order valence-electron chi connectivity index (χ3n) is 8.68. The van der Waals surface area contributed by atoms with Crippen LogP contribution < -0.4 is 37.4 Å². The molecule has 0 bridgehead atoms. The predicted octanol–water partition coefficient (Wildman–Crippen LogP) is 2.95.